The first-order valence-corrected chi connectivity index (χ1v) is 6.69. The molecule has 1 unspecified atom stereocenters. The fourth-order valence-electron chi connectivity index (χ4n) is 1.73. The minimum Gasteiger partial charge on any atom is -0.356 e. The fraction of sp³-hybridized carbons (Fsp3) is 0.500. The monoisotopic (exact) mass is 323 g/mol. The van der Waals surface area contributed by atoms with E-state index in [0.29, 0.717) is 12.1 Å². The summed E-state index contributed by atoms with van der Waals surface area (Å²) in [6.45, 7) is 1.81. The van der Waals surface area contributed by atoms with Gasteiger partial charge >= 0.3 is 6.18 Å². The quantitative estimate of drug-likeness (QED) is 0.496. The fourth-order valence-corrected chi connectivity index (χ4v) is 1.73. The van der Waals surface area contributed by atoms with Crippen LogP contribution in [0.4, 0.5) is 22.0 Å². The zero-order valence-electron chi connectivity index (χ0n) is 12.3. The van der Waals surface area contributed by atoms with E-state index in [1.54, 1.807) is 6.92 Å². The summed E-state index contributed by atoms with van der Waals surface area (Å²) in [7, 11) is 1.44. The second-order valence-electron chi connectivity index (χ2n) is 4.82. The van der Waals surface area contributed by atoms with E-state index in [1.165, 1.54) is 13.1 Å². The maximum Gasteiger partial charge on any atom is 0.390 e. The number of aliphatic imine (C=N–C) groups is 1. The Morgan fingerprint density at radius 3 is 2.41 bits per heavy atom. The number of nitrogens with one attached hydrogen (secondary N) is 2. The number of rotatable bonds is 5. The van der Waals surface area contributed by atoms with Crippen molar-refractivity contribution in [3.05, 3.63) is 35.4 Å². The molecule has 0 aromatic heterocycles. The van der Waals surface area contributed by atoms with Crippen molar-refractivity contribution in [2.24, 2.45) is 4.99 Å². The highest BCUT2D eigenvalue weighted by atomic mass is 19.4. The summed E-state index contributed by atoms with van der Waals surface area (Å²) >= 11 is 0. The van der Waals surface area contributed by atoms with Crippen LogP contribution in [0, 0.1) is 11.6 Å². The van der Waals surface area contributed by atoms with E-state index in [9.17, 15) is 22.0 Å². The summed E-state index contributed by atoms with van der Waals surface area (Å²) in [5, 5.41) is 5.38. The van der Waals surface area contributed by atoms with E-state index in [0.717, 1.165) is 12.1 Å². The molecular formula is C14H18F5N3. The highest BCUT2D eigenvalue weighted by molar-refractivity contribution is 5.79. The van der Waals surface area contributed by atoms with E-state index in [-0.39, 0.29) is 18.4 Å². The zero-order valence-corrected chi connectivity index (χ0v) is 12.3. The van der Waals surface area contributed by atoms with E-state index in [4.69, 9.17) is 0 Å². The van der Waals surface area contributed by atoms with Gasteiger partial charge < -0.3 is 10.6 Å². The Morgan fingerprint density at radius 2 is 1.86 bits per heavy atom. The molecule has 0 heterocycles. The first-order valence-electron chi connectivity index (χ1n) is 6.69. The Labute approximate surface area is 125 Å². The summed E-state index contributed by atoms with van der Waals surface area (Å²) < 4.78 is 62.1. The first-order chi connectivity index (χ1) is 10.2. The van der Waals surface area contributed by atoms with Gasteiger partial charge in [-0.05, 0) is 23.6 Å². The summed E-state index contributed by atoms with van der Waals surface area (Å²) in [6, 6.07) is 3.60. The number of hydrogen-bond acceptors (Lipinski definition) is 1. The lowest BCUT2D eigenvalue weighted by Gasteiger charge is -2.17. The van der Waals surface area contributed by atoms with Crippen molar-refractivity contribution in [2.75, 3.05) is 20.1 Å². The van der Waals surface area contributed by atoms with Crippen LogP contribution in [-0.2, 0) is 0 Å². The largest absolute Gasteiger partial charge is 0.390 e. The van der Waals surface area contributed by atoms with E-state index in [2.05, 4.69) is 15.6 Å². The SMILES string of the molecule is CN=C(NCCC(F)(F)F)NCC(C)c1ccc(F)c(F)c1. The molecule has 0 saturated carbocycles. The third-order valence-corrected chi connectivity index (χ3v) is 3.01. The van der Waals surface area contributed by atoms with Gasteiger partial charge in [-0.15, -0.1) is 0 Å². The summed E-state index contributed by atoms with van der Waals surface area (Å²) in [5.41, 5.74) is 0.581. The third-order valence-electron chi connectivity index (χ3n) is 3.01. The number of guanidine groups is 1. The van der Waals surface area contributed by atoms with Crippen molar-refractivity contribution in [3.63, 3.8) is 0 Å². The molecule has 0 spiro atoms. The lowest BCUT2D eigenvalue weighted by Crippen LogP contribution is -2.40. The number of hydrogen-bond donors (Lipinski definition) is 2. The van der Waals surface area contributed by atoms with Crippen LogP contribution in [0.3, 0.4) is 0 Å². The predicted molar refractivity (Wildman–Crippen MR) is 74.8 cm³/mol. The van der Waals surface area contributed by atoms with Gasteiger partial charge in [0.15, 0.2) is 17.6 Å². The molecule has 0 aliphatic carbocycles. The topological polar surface area (TPSA) is 36.4 Å². The van der Waals surface area contributed by atoms with Gasteiger partial charge in [-0.25, -0.2) is 8.78 Å². The molecule has 0 aliphatic rings. The predicted octanol–water partition coefficient (Wildman–Crippen LogP) is 3.19. The highest BCUT2D eigenvalue weighted by Crippen LogP contribution is 2.18. The first kappa shape index (κ1) is 18.2. The molecule has 8 heteroatoms. The van der Waals surface area contributed by atoms with Crippen molar-refractivity contribution in [2.45, 2.75) is 25.4 Å². The van der Waals surface area contributed by atoms with Gasteiger partial charge in [0, 0.05) is 20.1 Å². The number of halogens is 5. The molecule has 3 nitrogen and oxygen atoms in total. The molecule has 1 atom stereocenters. The lowest BCUT2D eigenvalue weighted by atomic mass is 10.0. The smallest absolute Gasteiger partial charge is 0.356 e. The molecule has 2 N–H and O–H groups in total. The zero-order chi connectivity index (χ0) is 16.8. The molecule has 1 aromatic carbocycles. The van der Waals surface area contributed by atoms with Crippen molar-refractivity contribution < 1.29 is 22.0 Å². The average molecular weight is 323 g/mol. The lowest BCUT2D eigenvalue weighted by molar-refractivity contribution is -0.132. The Kier molecular flexibility index (Phi) is 6.58. The summed E-state index contributed by atoms with van der Waals surface area (Å²) in [5.74, 6) is -1.81. The molecule has 0 aliphatic heterocycles. The Hall–Kier alpha value is -1.86. The molecule has 0 fully saturated rings. The molecule has 22 heavy (non-hydrogen) atoms. The minimum atomic E-state index is -4.23. The van der Waals surface area contributed by atoms with Crippen LogP contribution in [0.1, 0.15) is 24.8 Å². The maximum atomic E-state index is 13.1. The Bertz CT molecular complexity index is 514. The molecule has 1 rings (SSSR count). The third kappa shape index (κ3) is 6.28. The van der Waals surface area contributed by atoms with Crippen LogP contribution in [0.15, 0.2) is 23.2 Å². The van der Waals surface area contributed by atoms with Crippen LogP contribution in [0.25, 0.3) is 0 Å². The standard InChI is InChI=1S/C14H18F5N3/c1-9(10-3-4-11(15)12(16)7-10)8-22-13(20-2)21-6-5-14(17,18)19/h3-4,7,9H,5-6,8H2,1-2H3,(H2,20,21,22). The second-order valence-corrected chi connectivity index (χ2v) is 4.82. The summed E-state index contributed by atoms with van der Waals surface area (Å²) in [6.07, 6.45) is -5.20. The van der Waals surface area contributed by atoms with Gasteiger partial charge in [0.2, 0.25) is 0 Å². The van der Waals surface area contributed by atoms with Crippen LogP contribution in [-0.4, -0.2) is 32.3 Å². The Balaban J connectivity index is 2.47. The molecule has 0 bridgehead atoms. The highest BCUT2D eigenvalue weighted by Gasteiger charge is 2.26. The molecule has 1 aromatic rings. The van der Waals surface area contributed by atoms with Gasteiger partial charge in [-0.2, -0.15) is 13.2 Å². The van der Waals surface area contributed by atoms with Gasteiger partial charge in [0.05, 0.1) is 6.42 Å². The van der Waals surface area contributed by atoms with Crippen LogP contribution in [0.5, 0.6) is 0 Å². The van der Waals surface area contributed by atoms with E-state index < -0.39 is 24.2 Å². The van der Waals surface area contributed by atoms with Gasteiger partial charge in [0.1, 0.15) is 0 Å². The Morgan fingerprint density at radius 1 is 1.18 bits per heavy atom. The minimum absolute atomic E-state index is 0.170. The molecule has 0 saturated heterocycles. The maximum absolute atomic E-state index is 13.1. The second kappa shape index (κ2) is 7.95. The van der Waals surface area contributed by atoms with E-state index in [1.807, 2.05) is 0 Å². The average Bonchev–Trinajstić information content (AvgIpc) is 2.44. The van der Waals surface area contributed by atoms with Gasteiger partial charge in [-0.1, -0.05) is 13.0 Å². The number of benzene rings is 1. The molecule has 0 radical (unpaired) electrons. The molecular weight excluding hydrogens is 305 g/mol. The van der Waals surface area contributed by atoms with E-state index >= 15 is 0 Å². The van der Waals surface area contributed by atoms with Crippen molar-refractivity contribution in [1.29, 1.82) is 0 Å². The van der Waals surface area contributed by atoms with Crippen LogP contribution >= 0.6 is 0 Å². The van der Waals surface area contributed by atoms with Crippen molar-refractivity contribution >= 4 is 5.96 Å². The van der Waals surface area contributed by atoms with Crippen LogP contribution in [0.2, 0.25) is 0 Å². The van der Waals surface area contributed by atoms with Crippen molar-refractivity contribution in [1.82, 2.24) is 10.6 Å². The van der Waals surface area contributed by atoms with Crippen LogP contribution < -0.4 is 10.6 Å². The molecule has 124 valence electrons. The van der Waals surface area contributed by atoms with Crippen molar-refractivity contribution in [3.8, 4) is 0 Å². The van der Waals surface area contributed by atoms with Gasteiger partial charge in [-0.3, -0.25) is 4.99 Å². The molecule has 0 amide bonds. The number of nitrogens with zero attached hydrogens (tertiary/aromatic N) is 1. The number of alkyl halides is 3. The normalized spacial score (nSPS) is 13.9. The summed E-state index contributed by atoms with van der Waals surface area (Å²) in [4.78, 5) is 3.80. The van der Waals surface area contributed by atoms with Gasteiger partial charge in [0.25, 0.3) is 0 Å².